The zero-order valence-electron chi connectivity index (χ0n) is 25.9. The van der Waals surface area contributed by atoms with Gasteiger partial charge in [0.25, 0.3) is 0 Å². The maximum atomic E-state index is 6.70. The van der Waals surface area contributed by atoms with Crippen molar-refractivity contribution < 1.29 is 4.42 Å². The van der Waals surface area contributed by atoms with Gasteiger partial charge in [-0.2, -0.15) is 0 Å². The highest BCUT2D eigenvalue weighted by Gasteiger charge is 2.53. The van der Waals surface area contributed by atoms with Gasteiger partial charge in [-0.25, -0.2) is 0 Å². The summed E-state index contributed by atoms with van der Waals surface area (Å²) >= 11 is 0. The number of rotatable bonds is 1. The second-order valence-corrected chi connectivity index (χ2v) is 13.5. The summed E-state index contributed by atoms with van der Waals surface area (Å²) in [5.74, 6) is 0. The molecule has 0 saturated heterocycles. The predicted octanol–water partition coefficient (Wildman–Crippen LogP) is 12.4. The minimum absolute atomic E-state index is 0.499. The fraction of sp³-hybridized carbons (Fsp3) is 0.0213. The Balaban J connectivity index is 1.28. The lowest BCUT2D eigenvalue weighted by molar-refractivity contribution is 0.670. The SMILES string of the molecule is c1ccc2c(c1)-c1cccc3c4c(cc-2c13)C1(c2ccccc2-c2cccc(-c3cccc5c3oc3ccccc35)c21)c1ccccc1-4. The molecule has 1 atom stereocenters. The molecule has 0 saturated carbocycles. The molecule has 3 aliphatic carbocycles. The summed E-state index contributed by atoms with van der Waals surface area (Å²) in [7, 11) is 0. The van der Waals surface area contributed by atoms with Crippen molar-refractivity contribution in [2.75, 3.05) is 0 Å². The van der Waals surface area contributed by atoms with Gasteiger partial charge in [0.2, 0.25) is 0 Å². The van der Waals surface area contributed by atoms with Crippen LogP contribution in [0.2, 0.25) is 0 Å². The Morgan fingerprint density at radius 2 is 0.896 bits per heavy atom. The fourth-order valence-electron chi connectivity index (χ4n) is 9.74. The van der Waals surface area contributed by atoms with Crippen molar-refractivity contribution >= 4 is 32.7 Å². The number of hydrogen-bond acceptors (Lipinski definition) is 1. The molecule has 12 rings (SSSR count). The summed E-state index contributed by atoms with van der Waals surface area (Å²) in [6, 6.07) is 58.6. The van der Waals surface area contributed by atoms with Crippen molar-refractivity contribution in [2.24, 2.45) is 0 Å². The zero-order chi connectivity index (χ0) is 31.1. The summed E-state index contributed by atoms with van der Waals surface area (Å²) in [6.45, 7) is 0. The van der Waals surface area contributed by atoms with E-state index in [0.29, 0.717) is 0 Å². The lowest BCUT2D eigenvalue weighted by Gasteiger charge is -2.32. The van der Waals surface area contributed by atoms with Crippen LogP contribution in [0.5, 0.6) is 0 Å². The van der Waals surface area contributed by atoms with Gasteiger partial charge in [-0.05, 0) is 95.2 Å². The topological polar surface area (TPSA) is 13.1 Å². The molecule has 0 aliphatic heterocycles. The molecule has 1 heteroatoms. The quantitative estimate of drug-likeness (QED) is 0.181. The van der Waals surface area contributed by atoms with Crippen molar-refractivity contribution in [1.29, 1.82) is 0 Å². The molecular formula is C47H26O. The van der Waals surface area contributed by atoms with E-state index in [-0.39, 0.29) is 0 Å². The number of fused-ring (bicyclic) bond motifs is 17. The highest BCUT2D eigenvalue weighted by atomic mass is 16.3. The third-order valence-electron chi connectivity index (χ3n) is 11.4. The Bertz CT molecular complexity index is 2900. The van der Waals surface area contributed by atoms with E-state index in [0.717, 1.165) is 27.5 Å². The van der Waals surface area contributed by atoms with E-state index < -0.39 is 5.41 Å². The van der Waals surface area contributed by atoms with E-state index in [2.05, 4.69) is 158 Å². The van der Waals surface area contributed by atoms with Crippen LogP contribution in [0.15, 0.2) is 162 Å². The van der Waals surface area contributed by atoms with Gasteiger partial charge in [-0.15, -0.1) is 0 Å². The molecule has 1 unspecified atom stereocenters. The van der Waals surface area contributed by atoms with Crippen LogP contribution in [0, 0.1) is 0 Å². The number of para-hydroxylation sites is 2. The van der Waals surface area contributed by atoms with Gasteiger partial charge in [0.05, 0.1) is 5.41 Å². The van der Waals surface area contributed by atoms with E-state index in [1.165, 1.54) is 83.1 Å². The minimum Gasteiger partial charge on any atom is -0.455 e. The molecule has 9 aromatic rings. The second-order valence-electron chi connectivity index (χ2n) is 13.5. The standard InChI is InChI=1S/C47H26O/c1-2-13-28-27(12-1)31-17-9-22-37-43(31)38(28)26-41-44(37)36-16-4-7-24-40(36)47(41)39-23-6-3-14-29(39)32-18-10-19-33(45(32)47)35-21-11-20-34-30-15-5-8-25-42(30)48-46(34)35/h1-26H. The van der Waals surface area contributed by atoms with E-state index in [1.807, 2.05) is 0 Å². The molecule has 0 bridgehead atoms. The lowest BCUT2D eigenvalue weighted by Crippen LogP contribution is -2.26. The summed E-state index contributed by atoms with van der Waals surface area (Å²) in [5, 5.41) is 5.01. The molecule has 0 fully saturated rings. The van der Waals surface area contributed by atoms with Crippen molar-refractivity contribution in [2.45, 2.75) is 5.41 Å². The summed E-state index contributed by atoms with van der Waals surface area (Å²) < 4.78 is 6.70. The fourth-order valence-corrected chi connectivity index (χ4v) is 9.74. The average Bonchev–Trinajstić information content (AvgIpc) is 3.87. The predicted molar refractivity (Wildman–Crippen MR) is 197 cm³/mol. The Hall–Kier alpha value is -6.18. The molecule has 3 aliphatic rings. The van der Waals surface area contributed by atoms with Crippen LogP contribution in [0.3, 0.4) is 0 Å². The number of furan rings is 1. The van der Waals surface area contributed by atoms with Gasteiger partial charge < -0.3 is 4.42 Å². The van der Waals surface area contributed by atoms with Crippen molar-refractivity contribution in [3.05, 3.63) is 180 Å². The number of hydrogen-bond donors (Lipinski definition) is 0. The third-order valence-corrected chi connectivity index (χ3v) is 11.4. The molecule has 0 radical (unpaired) electrons. The highest BCUT2D eigenvalue weighted by molar-refractivity contribution is 6.21. The van der Waals surface area contributed by atoms with Crippen molar-refractivity contribution in [3.63, 3.8) is 0 Å². The first kappa shape index (κ1) is 25.0. The smallest absolute Gasteiger partial charge is 0.143 e. The molecule has 1 aromatic heterocycles. The normalized spacial score (nSPS) is 16.0. The molecule has 48 heavy (non-hydrogen) atoms. The van der Waals surface area contributed by atoms with Crippen molar-refractivity contribution in [3.8, 4) is 55.6 Å². The third kappa shape index (κ3) is 2.75. The second kappa shape index (κ2) is 8.59. The van der Waals surface area contributed by atoms with Gasteiger partial charge in [0.1, 0.15) is 11.2 Å². The van der Waals surface area contributed by atoms with Crippen LogP contribution in [0.1, 0.15) is 22.3 Å². The molecule has 8 aromatic carbocycles. The van der Waals surface area contributed by atoms with E-state index in [4.69, 9.17) is 4.42 Å². The largest absolute Gasteiger partial charge is 0.455 e. The Kier molecular flexibility index (Phi) is 4.47. The Labute approximate surface area is 277 Å². The van der Waals surface area contributed by atoms with Crippen molar-refractivity contribution in [1.82, 2.24) is 0 Å². The number of benzene rings is 8. The van der Waals surface area contributed by atoms with E-state index in [9.17, 15) is 0 Å². The molecular weight excluding hydrogens is 581 g/mol. The van der Waals surface area contributed by atoms with E-state index in [1.54, 1.807) is 0 Å². The highest BCUT2D eigenvalue weighted by Crippen LogP contribution is 2.67. The summed E-state index contributed by atoms with van der Waals surface area (Å²) in [4.78, 5) is 0. The molecule has 1 spiro atoms. The van der Waals surface area contributed by atoms with Crippen LogP contribution in [0.4, 0.5) is 0 Å². The van der Waals surface area contributed by atoms with Gasteiger partial charge in [-0.1, -0.05) is 146 Å². The first-order chi connectivity index (χ1) is 23.8. The maximum absolute atomic E-state index is 6.70. The van der Waals surface area contributed by atoms with Crippen LogP contribution in [0.25, 0.3) is 88.3 Å². The average molecular weight is 607 g/mol. The zero-order valence-corrected chi connectivity index (χ0v) is 25.9. The van der Waals surface area contributed by atoms with Gasteiger partial charge >= 0.3 is 0 Å². The van der Waals surface area contributed by atoms with Gasteiger partial charge in [0.15, 0.2) is 0 Å². The molecule has 0 amide bonds. The molecule has 1 heterocycles. The molecule has 220 valence electrons. The molecule has 1 nitrogen and oxygen atoms in total. The molecule has 0 N–H and O–H groups in total. The minimum atomic E-state index is -0.499. The van der Waals surface area contributed by atoms with Gasteiger partial charge in [-0.3, -0.25) is 0 Å². The van der Waals surface area contributed by atoms with Gasteiger partial charge in [0, 0.05) is 16.3 Å². The summed E-state index contributed by atoms with van der Waals surface area (Å²) in [5.41, 5.74) is 19.8. The lowest BCUT2D eigenvalue weighted by atomic mass is 9.68. The van der Waals surface area contributed by atoms with Crippen LogP contribution >= 0.6 is 0 Å². The first-order valence-corrected chi connectivity index (χ1v) is 16.8. The van der Waals surface area contributed by atoms with Crippen LogP contribution in [-0.4, -0.2) is 0 Å². The van der Waals surface area contributed by atoms with E-state index >= 15 is 0 Å². The Morgan fingerprint density at radius 1 is 0.354 bits per heavy atom. The van der Waals surface area contributed by atoms with Crippen LogP contribution < -0.4 is 0 Å². The monoisotopic (exact) mass is 606 g/mol. The first-order valence-electron chi connectivity index (χ1n) is 16.8. The summed E-state index contributed by atoms with van der Waals surface area (Å²) in [6.07, 6.45) is 0. The Morgan fingerprint density at radius 3 is 1.73 bits per heavy atom. The maximum Gasteiger partial charge on any atom is 0.143 e. The van der Waals surface area contributed by atoms with Crippen LogP contribution in [-0.2, 0) is 5.41 Å².